The molecule has 0 amide bonds. The van der Waals surface area contributed by atoms with Crippen LogP contribution in [0.15, 0.2) is 42.7 Å². The third-order valence-corrected chi connectivity index (χ3v) is 3.11. The molecular formula is C13H11N3OS. The van der Waals surface area contributed by atoms with E-state index in [1.165, 1.54) is 0 Å². The Balaban J connectivity index is 2.28. The Labute approximate surface area is 109 Å². The van der Waals surface area contributed by atoms with Gasteiger partial charge in [-0.3, -0.25) is 0 Å². The molecule has 4 nitrogen and oxygen atoms in total. The molecular weight excluding hydrogens is 246 g/mol. The highest BCUT2D eigenvalue weighted by Gasteiger charge is 2.03. The van der Waals surface area contributed by atoms with Crippen molar-refractivity contribution in [3.05, 3.63) is 47.4 Å². The van der Waals surface area contributed by atoms with Crippen LogP contribution in [0, 0.1) is 4.64 Å². The average molecular weight is 257 g/mol. The van der Waals surface area contributed by atoms with Crippen LogP contribution >= 0.6 is 12.2 Å². The minimum absolute atomic E-state index is 0.695. The maximum absolute atomic E-state index is 5.36. The lowest BCUT2D eigenvalue weighted by Crippen LogP contribution is -1.98. The van der Waals surface area contributed by atoms with Gasteiger partial charge in [0.1, 0.15) is 16.2 Å². The quantitative estimate of drug-likeness (QED) is 0.717. The minimum atomic E-state index is 0.695. The van der Waals surface area contributed by atoms with Crippen molar-refractivity contribution in [3.8, 4) is 11.6 Å². The first-order valence-corrected chi connectivity index (χ1v) is 5.90. The number of fused-ring (bicyclic) bond motifs is 1. The van der Waals surface area contributed by atoms with Gasteiger partial charge in [-0.05, 0) is 35.7 Å². The Bertz CT molecular complexity index is 747. The second-order valence-electron chi connectivity index (χ2n) is 3.89. The van der Waals surface area contributed by atoms with E-state index in [1.807, 2.05) is 36.5 Å². The lowest BCUT2D eigenvalue weighted by Gasteiger charge is -2.06. The summed E-state index contributed by atoms with van der Waals surface area (Å²) >= 11 is 5.36. The molecule has 2 heterocycles. The van der Waals surface area contributed by atoms with Gasteiger partial charge in [-0.25, -0.2) is 4.68 Å². The predicted octanol–water partition coefficient (Wildman–Crippen LogP) is 3.09. The van der Waals surface area contributed by atoms with E-state index in [1.54, 1.807) is 18.0 Å². The molecule has 0 aliphatic carbocycles. The topological polar surface area (TPSA) is 42.8 Å². The number of H-pyrrole nitrogens is 1. The number of methoxy groups -OCH3 is 1. The Morgan fingerprint density at radius 1 is 1.33 bits per heavy atom. The van der Waals surface area contributed by atoms with Crippen molar-refractivity contribution in [2.24, 2.45) is 0 Å². The van der Waals surface area contributed by atoms with Gasteiger partial charge in [-0.15, -0.1) is 0 Å². The molecule has 0 fully saturated rings. The number of aromatic amines is 1. The van der Waals surface area contributed by atoms with Crippen LogP contribution in [0.1, 0.15) is 0 Å². The van der Waals surface area contributed by atoms with Gasteiger partial charge in [0, 0.05) is 17.8 Å². The molecule has 1 N–H and O–H groups in total. The third kappa shape index (κ3) is 1.78. The first-order chi connectivity index (χ1) is 8.78. The fraction of sp³-hybridized carbons (Fsp3) is 0.0769. The molecule has 0 bridgehead atoms. The molecule has 0 atom stereocenters. The van der Waals surface area contributed by atoms with Crippen LogP contribution in [0.3, 0.4) is 0 Å². The number of nitrogens with one attached hydrogen (secondary N) is 1. The Morgan fingerprint density at radius 2 is 2.22 bits per heavy atom. The Morgan fingerprint density at radius 3 is 2.94 bits per heavy atom. The summed E-state index contributed by atoms with van der Waals surface area (Å²) in [6.07, 6.45) is 3.60. The molecule has 0 saturated carbocycles. The van der Waals surface area contributed by atoms with Crippen molar-refractivity contribution in [3.63, 3.8) is 0 Å². The van der Waals surface area contributed by atoms with Crippen LogP contribution in [-0.4, -0.2) is 21.9 Å². The summed E-state index contributed by atoms with van der Waals surface area (Å²) in [5.41, 5.74) is 0. The van der Waals surface area contributed by atoms with Crippen LogP contribution in [0.25, 0.3) is 16.6 Å². The molecule has 0 aliphatic rings. The molecule has 5 heteroatoms. The van der Waals surface area contributed by atoms with Gasteiger partial charge in [-0.1, -0.05) is 12.2 Å². The number of hydrogen-bond donors (Lipinski definition) is 1. The summed E-state index contributed by atoms with van der Waals surface area (Å²) in [6, 6.07) is 9.69. The van der Waals surface area contributed by atoms with Gasteiger partial charge in [-0.2, -0.15) is 5.10 Å². The van der Waals surface area contributed by atoms with Gasteiger partial charge in [0.05, 0.1) is 7.11 Å². The molecule has 1 aromatic carbocycles. The lowest BCUT2D eigenvalue weighted by atomic mass is 10.1. The zero-order chi connectivity index (χ0) is 12.5. The van der Waals surface area contributed by atoms with E-state index in [2.05, 4.69) is 10.1 Å². The highest BCUT2D eigenvalue weighted by molar-refractivity contribution is 7.71. The Kier molecular flexibility index (Phi) is 2.60. The van der Waals surface area contributed by atoms with E-state index in [0.717, 1.165) is 22.3 Å². The Hall–Kier alpha value is -2.14. The van der Waals surface area contributed by atoms with Gasteiger partial charge in [0.2, 0.25) is 0 Å². The van der Waals surface area contributed by atoms with Crippen molar-refractivity contribution in [2.45, 2.75) is 0 Å². The number of pyridine rings is 1. The lowest BCUT2D eigenvalue weighted by molar-refractivity contribution is 0.415. The van der Waals surface area contributed by atoms with E-state index in [9.17, 15) is 0 Å². The van der Waals surface area contributed by atoms with Crippen molar-refractivity contribution in [1.29, 1.82) is 0 Å². The zero-order valence-corrected chi connectivity index (χ0v) is 10.6. The summed E-state index contributed by atoms with van der Waals surface area (Å²) < 4.78 is 7.67. The van der Waals surface area contributed by atoms with Crippen molar-refractivity contribution in [1.82, 2.24) is 14.8 Å². The van der Waals surface area contributed by atoms with Crippen molar-refractivity contribution in [2.75, 3.05) is 7.11 Å². The van der Waals surface area contributed by atoms with E-state index in [4.69, 9.17) is 17.0 Å². The second kappa shape index (κ2) is 4.27. The summed E-state index contributed by atoms with van der Waals surface area (Å²) in [5, 5.41) is 6.22. The highest BCUT2D eigenvalue weighted by atomic mass is 32.1. The summed E-state index contributed by atoms with van der Waals surface area (Å²) in [6.45, 7) is 0. The average Bonchev–Trinajstić information content (AvgIpc) is 2.91. The monoisotopic (exact) mass is 257 g/mol. The standard InChI is InChI=1S/C13H11N3OS/c1-17-10-3-4-11-9(7-10)8-12(15-13(11)18)16-6-2-5-14-16/h2-8H,1H3,(H,15,18). The van der Waals surface area contributed by atoms with Crippen LogP contribution in [0.5, 0.6) is 5.75 Å². The van der Waals surface area contributed by atoms with Crippen LogP contribution < -0.4 is 4.74 Å². The predicted molar refractivity (Wildman–Crippen MR) is 72.8 cm³/mol. The number of aromatic nitrogens is 3. The largest absolute Gasteiger partial charge is 0.497 e. The van der Waals surface area contributed by atoms with Gasteiger partial charge in [0.25, 0.3) is 0 Å². The van der Waals surface area contributed by atoms with E-state index < -0.39 is 0 Å². The maximum atomic E-state index is 5.36. The molecule has 90 valence electrons. The number of rotatable bonds is 2. The molecule has 0 aliphatic heterocycles. The molecule has 18 heavy (non-hydrogen) atoms. The molecule has 0 unspecified atom stereocenters. The fourth-order valence-electron chi connectivity index (χ4n) is 1.90. The first-order valence-electron chi connectivity index (χ1n) is 5.49. The smallest absolute Gasteiger partial charge is 0.133 e. The number of benzene rings is 1. The molecule has 0 spiro atoms. The molecule has 0 radical (unpaired) electrons. The molecule has 3 rings (SSSR count). The van der Waals surface area contributed by atoms with E-state index in [-0.39, 0.29) is 0 Å². The van der Waals surface area contributed by atoms with Gasteiger partial charge >= 0.3 is 0 Å². The maximum Gasteiger partial charge on any atom is 0.133 e. The van der Waals surface area contributed by atoms with Crippen LogP contribution in [0.4, 0.5) is 0 Å². The number of ether oxygens (including phenoxy) is 1. The normalized spacial score (nSPS) is 10.7. The summed E-state index contributed by atoms with van der Waals surface area (Å²) in [7, 11) is 1.65. The molecule has 3 aromatic rings. The van der Waals surface area contributed by atoms with Gasteiger partial charge < -0.3 is 9.72 Å². The first kappa shape index (κ1) is 11.0. The molecule has 2 aromatic heterocycles. The summed E-state index contributed by atoms with van der Waals surface area (Å²) in [5.74, 6) is 1.65. The van der Waals surface area contributed by atoms with Crippen molar-refractivity contribution < 1.29 is 4.74 Å². The highest BCUT2D eigenvalue weighted by Crippen LogP contribution is 2.22. The van der Waals surface area contributed by atoms with Crippen molar-refractivity contribution >= 4 is 23.0 Å². The zero-order valence-electron chi connectivity index (χ0n) is 9.75. The third-order valence-electron chi connectivity index (χ3n) is 2.79. The van der Waals surface area contributed by atoms with E-state index in [0.29, 0.717) is 4.64 Å². The fourth-order valence-corrected chi connectivity index (χ4v) is 2.19. The second-order valence-corrected chi connectivity index (χ2v) is 4.30. The minimum Gasteiger partial charge on any atom is -0.497 e. The van der Waals surface area contributed by atoms with Gasteiger partial charge in [0.15, 0.2) is 0 Å². The number of hydrogen-bond acceptors (Lipinski definition) is 3. The molecule has 0 saturated heterocycles. The van der Waals surface area contributed by atoms with E-state index >= 15 is 0 Å². The SMILES string of the molecule is COc1ccc2c(=S)[nH]c(-n3cccn3)cc2c1. The summed E-state index contributed by atoms with van der Waals surface area (Å²) in [4.78, 5) is 3.16. The number of nitrogens with zero attached hydrogens (tertiary/aromatic N) is 2. The van der Waals surface area contributed by atoms with Crippen LogP contribution in [0.2, 0.25) is 0 Å². The van der Waals surface area contributed by atoms with Crippen LogP contribution in [-0.2, 0) is 0 Å².